The lowest BCUT2D eigenvalue weighted by atomic mass is 10.2. The summed E-state index contributed by atoms with van der Waals surface area (Å²) in [6.45, 7) is 0. The van der Waals surface area contributed by atoms with Gasteiger partial charge in [0.05, 0.1) is 11.1 Å². The van der Waals surface area contributed by atoms with Gasteiger partial charge in [-0.3, -0.25) is 14.9 Å². The van der Waals surface area contributed by atoms with Crippen LogP contribution in [0.15, 0.2) is 52.0 Å². The van der Waals surface area contributed by atoms with Crippen molar-refractivity contribution in [2.24, 2.45) is 5.10 Å². The standard InChI is InChI=1S/C14H10BrN3O4/c15-11-3-6-13(19)10(7-11)8-16-17-14(20)9-1-4-12(5-2-9)18(21)22/h1-8,19H,(H,17,20)/b16-8+. The molecule has 0 bridgehead atoms. The van der Waals surface area contributed by atoms with Gasteiger partial charge in [-0.15, -0.1) is 0 Å². The minimum absolute atomic E-state index is 0.0246. The molecule has 2 rings (SSSR count). The van der Waals surface area contributed by atoms with E-state index in [9.17, 15) is 20.0 Å². The molecule has 0 saturated carbocycles. The Hall–Kier alpha value is -2.74. The van der Waals surface area contributed by atoms with Gasteiger partial charge >= 0.3 is 0 Å². The first-order valence-electron chi connectivity index (χ1n) is 6.04. The monoisotopic (exact) mass is 363 g/mol. The second-order valence-electron chi connectivity index (χ2n) is 4.21. The number of hydrazone groups is 1. The zero-order valence-corrected chi connectivity index (χ0v) is 12.6. The highest BCUT2D eigenvalue weighted by molar-refractivity contribution is 9.10. The Morgan fingerprint density at radius 2 is 1.95 bits per heavy atom. The summed E-state index contributed by atoms with van der Waals surface area (Å²) >= 11 is 3.26. The Balaban J connectivity index is 2.04. The van der Waals surface area contributed by atoms with Gasteiger partial charge in [0, 0.05) is 27.7 Å². The first kappa shape index (κ1) is 15.6. The lowest BCUT2D eigenvalue weighted by Gasteiger charge is -2.01. The van der Waals surface area contributed by atoms with E-state index in [4.69, 9.17) is 0 Å². The normalized spacial score (nSPS) is 10.6. The number of nitro groups is 1. The number of nitrogens with zero attached hydrogens (tertiary/aromatic N) is 2. The van der Waals surface area contributed by atoms with E-state index in [2.05, 4.69) is 26.5 Å². The number of non-ortho nitro benzene ring substituents is 1. The molecule has 0 radical (unpaired) electrons. The molecule has 112 valence electrons. The molecule has 0 atom stereocenters. The molecule has 0 unspecified atom stereocenters. The van der Waals surface area contributed by atoms with Crippen molar-refractivity contribution in [3.05, 3.63) is 68.2 Å². The molecule has 0 aliphatic heterocycles. The van der Waals surface area contributed by atoms with E-state index in [1.54, 1.807) is 12.1 Å². The molecule has 7 nitrogen and oxygen atoms in total. The minimum Gasteiger partial charge on any atom is -0.507 e. The molecule has 0 aliphatic carbocycles. The zero-order chi connectivity index (χ0) is 16.1. The molecule has 0 saturated heterocycles. The van der Waals surface area contributed by atoms with Crippen LogP contribution in [0.1, 0.15) is 15.9 Å². The molecule has 0 spiro atoms. The fourth-order valence-corrected chi connectivity index (χ4v) is 1.97. The lowest BCUT2D eigenvalue weighted by Crippen LogP contribution is -2.17. The summed E-state index contributed by atoms with van der Waals surface area (Å²) in [5, 5.41) is 23.9. The number of rotatable bonds is 4. The van der Waals surface area contributed by atoms with Gasteiger partial charge in [0.25, 0.3) is 11.6 Å². The van der Waals surface area contributed by atoms with Crippen LogP contribution in [-0.2, 0) is 0 Å². The van der Waals surface area contributed by atoms with Gasteiger partial charge in [0.15, 0.2) is 0 Å². The van der Waals surface area contributed by atoms with Crippen LogP contribution < -0.4 is 5.43 Å². The number of benzene rings is 2. The Bertz CT molecular complexity index is 744. The highest BCUT2D eigenvalue weighted by Gasteiger charge is 2.08. The molecular weight excluding hydrogens is 354 g/mol. The van der Waals surface area contributed by atoms with Crippen LogP contribution in [-0.4, -0.2) is 22.2 Å². The van der Waals surface area contributed by atoms with E-state index >= 15 is 0 Å². The fourth-order valence-electron chi connectivity index (χ4n) is 1.59. The summed E-state index contributed by atoms with van der Waals surface area (Å²) in [7, 11) is 0. The zero-order valence-electron chi connectivity index (χ0n) is 11.1. The van der Waals surface area contributed by atoms with Gasteiger partial charge < -0.3 is 5.11 Å². The summed E-state index contributed by atoms with van der Waals surface area (Å²) in [4.78, 5) is 21.8. The molecule has 0 aromatic heterocycles. The van der Waals surface area contributed by atoms with Gasteiger partial charge in [0.1, 0.15) is 5.75 Å². The van der Waals surface area contributed by atoms with Gasteiger partial charge in [-0.25, -0.2) is 5.43 Å². The van der Waals surface area contributed by atoms with E-state index in [1.165, 1.54) is 36.5 Å². The Kier molecular flexibility index (Phi) is 4.84. The number of phenols is 1. The van der Waals surface area contributed by atoms with Crippen LogP contribution in [0.3, 0.4) is 0 Å². The number of halogens is 1. The first-order valence-corrected chi connectivity index (χ1v) is 6.83. The Morgan fingerprint density at radius 1 is 1.27 bits per heavy atom. The second kappa shape index (κ2) is 6.81. The molecule has 2 N–H and O–H groups in total. The van der Waals surface area contributed by atoms with Crippen LogP contribution >= 0.6 is 15.9 Å². The molecule has 0 aliphatic rings. The molecule has 2 aromatic carbocycles. The van der Waals surface area contributed by atoms with Crippen molar-refractivity contribution in [1.29, 1.82) is 0 Å². The second-order valence-corrected chi connectivity index (χ2v) is 5.12. The maximum Gasteiger partial charge on any atom is 0.271 e. The summed E-state index contributed by atoms with van der Waals surface area (Å²) < 4.78 is 0.758. The van der Waals surface area contributed by atoms with Crippen molar-refractivity contribution in [1.82, 2.24) is 5.43 Å². The molecule has 8 heteroatoms. The van der Waals surface area contributed by atoms with E-state index in [0.29, 0.717) is 5.56 Å². The van der Waals surface area contributed by atoms with Gasteiger partial charge in [0.2, 0.25) is 0 Å². The van der Waals surface area contributed by atoms with E-state index < -0.39 is 10.8 Å². The summed E-state index contributed by atoms with van der Waals surface area (Å²) in [5.74, 6) is -0.489. The maximum absolute atomic E-state index is 11.8. The first-order chi connectivity index (χ1) is 10.5. The largest absolute Gasteiger partial charge is 0.507 e. The third-order valence-electron chi connectivity index (χ3n) is 2.70. The predicted molar refractivity (Wildman–Crippen MR) is 84.0 cm³/mol. The predicted octanol–water partition coefficient (Wildman–Crippen LogP) is 2.83. The molecular formula is C14H10BrN3O4. The van der Waals surface area contributed by atoms with E-state index in [1.807, 2.05) is 0 Å². The fraction of sp³-hybridized carbons (Fsp3) is 0. The number of hydrogen-bond acceptors (Lipinski definition) is 5. The van der Waals surface area contributed by atoms with Crippen molar-refractivity contribution < 1.29 is 14.8 Å². The number of aromatic hydroxyl groups is 1. The third-order valence-corrected chi connectivity index (χ3v) is 3.19. The van der Waals surface area contributed by atoms with Crippen LogP contribution in [0.4, 0.5) is 5.69 Å². The van der Waals surface area contributed by atoms with Gasteiger partial charge in [-0.2, -0.15) is 5.10 Å². The number of carbonyl (C=O) groups excluding carboxylic acids is 1. The average Bonchev–Trinajstić information content (AvgIpc) is 2.50. The maximum atomic E-state index is 11.8. The number of hydrogen-bond donors (Lipinski definition) is 2. The number of phenolic OH excluding ortho intramolecular Hbond substituents is 1. The summed E-state index contributed by atoms with van der Waals surface area (Å²) in [6, 6.07) is 9.93. The number of nitro benzene ring substituents is 1. The van der Waals surface area contributed by atoms with Crippen LogP contribution in [0.25, 0.3) is 0 Å². The van der Waals surface area contributed by atoms with Gasteiger partial charge in [-0.1, -0.05) is 15.9 Å². The highest BCUT2D eigenvalue weighted by atomic mass is 79.9. The third kappa shape index (κ3) is 3.89. The smallest absolute Gasteiger partial charge is 0.271 e. The molecule has 1 amide bonds. The highest BCUT2D eigenvalue weighted by Crippen LogP contribution is 2.20. The number of nitrogens with one attached hydrogen (secondary N) is 1. The summed E-state index contributed by atoms with van der Waals surface area (Å²) in [6.07, 6.45) is 1.30. The quantitative estimate of drug-likeness (QED) is 0.494. The molecule has 2 aromatic rings. The van der Waals surface area contributed by atoms with Crippen LogP contribution in [0, 0.1) is 10.1 Å². The SMILES string of the molecule is O=C(N/N=C/c1cc(Br)ccc1O)c1ccc([N+](=O)[O-])cc1. The molecule has 22 heavy (non-hydrogen) atoms. The lowest BCUT2D eigenvalue weighted by molar-refractivity contribution is -0.384. The van der Waals surface area contributed by atoms with Crippen molar-refractivity contribution in [3.8, 4) is 5.75 Å². The summed E-state index contributed by atoms with van der Waals surface area (Å²) in [5.41, 5.74) is 2.85. The number of carbonyl (C=O) groups is 1. The Labute approximate surface area is 133 Å². The van der Waals surface area contributed by atoms with E-state index in [-0.39, 0.29) is 17.0 Å². The Morgan fingerprint density at radius 3 is 2.59 bits per heavy atom. The molecule has 0 fully saturated rings. The van der Waals surface area contributed by atoms with Crippen molar-refractivity contribution >= 4 is 33.7 Å². The average molecular weight is 364 g/mol. The van der Waals surface area contributed by atoms with Crippen molar-refractivity contribution in [2.75, 3.05) is 0 Å². The van der Waals surface area contributed by atoms with Crippen molar-refractivity contribution in [2.45, 2.75) is 0 Å². The van der Waals surface area contributed by atoms with E-state index in [0.717, 1.165) is 4.47 Å². The number of amides is 1. The minimum atomic E-state index is -0.546. The van der Waals surface area contributed by atoms with Crippen LogP contribution in [0.5, 0.6) is 5.75 Å². The van der Waals surface area contributed by atoms with Gasteiger partial charge in [-0.05, 0) is 30.3 Å². The van der Waals surface area contributed by atoms with Crippen LogP contribution in [0.2, 0.25) is 0 Å². The van der Waals surface area contributed by atoms with Crippen molar-refractivity contribution in [3.63, 3.8) is 0 Å². The topological polar surface area (TPSA) is 105 Å². The molecule has 0 heterocycles.